The fraction of sp³-hybridized carbons (Fsp3) is 0.278. The van der Waals surface area contributed by atoms with Crippen molar-refractivity contribution in [3.8, 4) is 11.5 Å². The molecule has 0 saturated heterocycles. The van der Waals surface area contributed by atoms with Gasteiger partial charge in [0.15, 0.2) is 18.0 Å². The van der Waals surface area contributed by atoms with Gasteiger partial charge in [-0.25, -0.2) is 0 Å². The van der Waals surface area contributed by atoms with E-state index in [1.54, 1.807) is 12.1 Å². The van der Waals surface area contributed by atoms with Gasteiger partial charge in [0, 0.05) is 17.1 Å². The van der Waals surface area contributed by atoms with Gasteiger partial charge >= 0.3 is 0 Å². The summed E-state index contributed by atoms with van der Waals surface area (Å²) >= 11 is 12.1. The molecule has 1 aliphatic heterocycles. The molecule has 0 saturated carbocycles. The molecule has 0 unspecified atom stereocenters. The second-order valence-electron chi connectivity index (χ2n) is 5.86. The molecule has 0 aromatic heterocycles. The normalized spacial score (nSPS) is 13.6. The number of rotatable bonds is 6. The van der Waals surface area contributed by atoms with Gasteiger partial charge in [-0.1, -0.05) is 35.3 Å². The SMILES string of the molecule is C[C@H]([NH2+]CC(=O)NCc1ccc2c(c1)OCO2)c1ccc(Cl)cc1Cl. The second-order valence-corrected chi connectivity index (χ2v) is 6.70. The molecule has 3 N–H and O–H groups in total. The van der Waals surface area contributed by atoms with Crippen LogP contribution in [0.2, 0.25) is 10.0 Å². The molecule has 0 radical (unpaired) electrons. The van der Waals surface area contributed by atoms with Crippen LogP contribution in [0.5, 0.6) is 11.5 Å². The van der Waals surface area contributed by atoms with E-state index < -0.39 is 0 Å². The lowest BCUT2D eigenvalue weighted by Gasteiger charge is -2.13. The maximum Gasteiger partial charge on any atom is 0.275 e. The van der Waals surface area contributed by atoms with Gasteiger partial charge in [-0.3, -0.25) is 4.79 Å². The molecule has 2 aromatic carbocycles. The molecular weight excluding hydrogens is 363 g/mol. The molecular formula is C18H19Cl2N2O3+. The lowest BCUT2D eigenvalue weighted by molar-refractivity contribution is -0.682. The lowest BCUT2D eigenvalue weighted by atomic mass is 10.1. The first-order valence-electron chi connectivity index (χ1n) is 7.96. The minimum atomic E-state index is -0.0467. The molecule has 1 heterocycles. The van der Waals surface area contributed by atoms with E-state index in [1.165, 1.54) is 0 Å². The van der Waals surface area contributed by atoms with Gasteiger partial charge in [0.1, 0.15) is 6.04 Å². The first kappa shape index (κ1) is 17.9. The van der Waals surface area contributed by atoms with Crippen LogP contribution in [0.4, 0.5) is 0 Å². The largest absolute Gasteiger partial charge is 0.454 e. The molecule has 0 bridgehead atoms. The van der Waals surface area contributed by atoms with Crippen LogP contribution in [-0.2, 0) is 11.3 Å². The highest BCUT2D eigenvalue weighted by molar-refractivity contribution is 6.35. The standard InChI is InChI=1S/C18H18Cl2N2O3/c1-11(14-4-3-13(19)7-15(14)20)21-9-18(23)22-8-12-2-5-16-17(6-12)25-10-24-16/h2-7,11,21H,8-10H2,1H3,(H,22,23)/p+1/t11-/m0/s1. The summed E-state index contributed by atoms with van der Waals surface area (Å²) in [6.07, 6.45) is 0. The molecule has 132 valence electrons. The third-order valence-corrected chi connectivity index (χ3v) is 4.60. The zero-order valence-electron chi connectivity index (χ0n) is 13.7. The van der Waals surface area contributed by atoms with E-state index >= 15 is 0 Å². The third kappa shape index (κ3) is 4.57. The molecule has 25 heavy (non-hydrogen) atoms. The highest BCUT2D eigenvalue weighted by Gasteiger charge is 2.16. The quantitative estimate of drug-likeness (QED) is 0.808. The molecule has 0 aliphatic carbocycles. The summed E-state index contributed by atoms with van der Waals surface area (Å²) in [5.74, 6) is 1.40. The molecule has 0 spiro atoms. The summed E-state index contributed by atoms with van der Waals surface area (Å²) in [4.78, 5) is 12.1. The van der Waals surface area contributed by atoms with Crippen molar-refractivity contribution >= 4 is 29.1 Å². The van der Waals surface area contributed by atoms with E-state index in [-0.39, 0.29) is 18.7 Å². The fourth-order valence-electron chi connectivity index (χ4n) is 2.61. The van der Waals surface area contributed by atoms with E-state index in [2.05, 4.69) is 5.32 Å². The minimum Gasteiger partial charge on any atom is -0.454 e. The monoisotopic (exact) mass is 381 g/mol. The van der Waals surface area contributed by atoms with Crippen LogP contribution in [-0.4, -0.2) is 19.2 Å². The fourth-order valence-corrected chi connectivity index (χ4v) is 3.19. The average Bonchev–Trinajstić information content (AvgIpc) is 3.05. The van der Waals surface area contributed by atoms with Crippen molar-refractivity contribution in [3.63, 3.8) is 0 Å². The average molecular weight is 382 g/mol. The Balaban J connectivity index is 1.48. The Kier molecular flexibility index (Phi) is 5.68. The molecule has 1 atom stereocenters. The number of nitrogens with one attached hydrogen (secondary N) is 1. The summed E-state index contributed by atoms with van der Waals surface area (Å²) < 4.78 is 10.6. The Morgan fingerprint density at radius 3 is 2.80 bits per heavy atom. The van der Waals surface area contributed by atoms with Crippen molar-refractivity contribution in [3.05, 3.63) is 57.6 Å². The van der Waals surface area contributed by atoms with Gasteiger partial charge in [-0.2, -0.15) is 0 Å². The van der Waals surface area contributed by atoms with Crippen molar-refractivity contribution in [2.45, 2.75) is 19.5 Å². The zero-order chi connectivity index (χ0) is 17.8. The van der Waals surface area contributed by atoms with Crippen LogP contribution in [0.15, 0.2) is 36.4 Å². The van der Waals surface area contributed by atoms with Gasteiger partial charge in [0.2, 0.25) is 6.79 Å². The van der Waals surface area contributed by atoms with Crippen LogP contribution in [0.25, 0.3) is 0 Å². The van der Waals surface area contributed by atoms with E-state index in [0.717, 1.165) is 16.9 Å². The summed E-state index contributed by atoms with van der Waals surface area (Å²) in [6, 6.07) is 11.1. The predicted molar refractivity (Wildman–Crippen MR) is 96.1 cm³/mol. The number of benzene rings is 2. The number of halogens is 2. The summed E-state index contributed by atoms with van der Waals surface area (Å²) in [6.45, 7) is 3.00. The second kappa shape index (κ2) is 7.95. The first-order chi connectivity index (χ1) is 12.0. The summed E-state index contributed by atoms with van der Waals surface area (Å²) in [7, 11) is 0. The van der Waals surface area contributed by atoms with E-state index in [1.807, 2.05) is 36.5 Å². The Morgan fingerprint density at radius 2 is 2.00 bits per heavy atom. The van der Waals surface area contributed by atoms with Crippen LogP contribution in [0, 0.1) is 0 Å². The Morgan fingerprint density at radius 1 is 1.20 bits per heavy atom. The lowest BCUT2D eigenvalue weighted by Crippen LogP contribution is -2.87. The number of hydrogen-bond acceptors (Lipinski definition) is 3. The van der Waals surface area contributed by atoms with Crippen LogP contribution in [0.1, 0.15) is 24.1 Å². The molecule has 0 fully saturated rings. The molecule has 2 aromatic rings. The van der Waals surface area contributed by atoms with E-state index in [9.17, 15) is 4.79 Å². The topological polar surface area (TPSA) is 64.2 Å². The first-order valence-corrected chi connectivity index (χ1v) is 8.72. The Labute approximate surface area is 156 Å². The van der Waals surface area contributed by atoms with E-state index in [4.69, 9.17) is 32.7 Å². The van der Waals surface area contributed by atoms with Crippen LogP contribution in [0.3, 0.4) is 0 Å². The van der Waals surface area contributed by atoms with Crippen LogP contribution < -0.4 is 20.1 Å². The van der Waals surface area contributed by atoms with Gasteiger partial charge in [-0.15, -0.1) is 0 Å². The number of nitrogens with two attached hydrogens (primary N) is 1. The highest BCUT2D eigenvalue weighted by Crippen LogP contribution is 2.32. The van der Waals surface area contributed by atoms with E-state index in [0.29, 0.717) is 28.9 Å². The third-order valence-electron chi connectivity index (χ3n) is 4.04. The summed E-state index contributed by atoms with van der Waals surface area (Å²) in [5, 5.41) is 6.04. The number of quaternary nitrogens is 1. The van der Waals surface area contributed by atoms with Gasteiger partial charge in [-0.05, 0) is 36.8 Å². The Bertz CT molecular complexity index is 783. The van der Waals surface area contributed by atoms with Crippen LogP contribution >= 0.6 is 23.2 Å². The summed E-state index contributed by atoms with van der Waals surface area (Å²) in [5.41, 5.74) is 1.92. The van der Waals surface area contributed by atoms with Gasteiger partial charge in [0.25, 0.3) is 5.91 Å². The van der Waals surface area contributed by atoms with Crippen molar-refractivity contribution in [2.75, 3.05) is 13.3 Å². The number of hydrogen-bond donors (Lipinski definition) is 2. The number of carbonyl (C=O) groups excluding carboxylic acids is 1. The number of ether oxygens (including phenoxy) is 2. The highest BCUT2D eigenvalue weighted by atomic mass is 35.5. The molecule has 1 amide bonds. The maximum absolute atomic E-state index is 12.1. The maximum atomic E-state index is 12.1. The van der Waals surface area contributed by atoms with Crippen molar-refractivity contribution < 1.29 is 19.6 Å². The molecule has 5 nitrogen and oxygen atoms in total. The van der Waals surface area contributed by atoms with Gasteiger partial charge in [0.05, 0.1) is 5.02 Å². The smallest absolute Gasteiger partial charge is 0.275 e. The minimum absolute atomic E-state index is 0.0467. The van der Waals surface area contributed by atoms with Crippen molar-refractivity contribution in [2.24, 2.45) is 0 Å². The number of fused-ring (bicyclic) bond motifs is 1. The molecule has 3 rings (SSSR count). The molecule has 1 aliphatic rings. The predicted octanol–water partition coefficient (Wildman–Crippen LogP) is 2.66. The number of carbonyl (C=O) groups is 1. The van der Waals surface area contributed by atoms with Crippen molar-refractivity contribution in [1.29, 1.82) is 0 Å². The zero-order valence-corrected chi connectivity index (χ0v) is 15.2. The van der Waals surface area contributed by atoms with Gasteiger partial charge < -0.3 is 20.1 Å². The molecule has 7 heteroatoms. The number of amides is 1. The van der Waals surface area contributed by atoms with Crippen molar-refractivity contribution in [1.82, 2.24) is 5.32 Å². The Hall–Kier alpha value is -1.95.